The van der Waals surface area contributed by atoms with Crippen molar-refractivity contribution in [3.05, 3.63) is 46.6 Å². The second-order valence-corrected chi connectivity index (χ2v) is 6.59. The number of hydrogen-bond donors (Lipinski definition) is 1. The predicted molar refractivity (Wildman–Crippen MR) is 102 cm³/mol. The van der Waals surface area contributed by atoms with Crippen molar-refractivity contribution in [1.82, 2.24) is 4.98 Å². The lowest BCUT2D eigenvalue weighted by atomic mass is 10.3. The number of anilines is 2. The largest absolute Gasteiger partial charge is 0.479 e. The van der Waals surface area contributed by atoms with E-state index in [1.165, 1.54) is 0 Å². The lowest BCUT2D eigenvalue weighted by molar-refractivity contribution is -0.122. The van der Waals surface area contributed by atoms with E-state index in [2.05, 4.69) is 15.2 Å². The third-order valence-corrected chi connectivity index (χ3v) is 4.77. The molecule has 0 radical (unpaired) electrons. The van der Waals surface area contributed by atoms with E-state index in [0.29, 0.717) is 29.8 Å². The van der Waals surface area contributed by atoms with Crippen LogP contribution in [0, 0.1) is 0 Å². The lowest BCUT2D eigenvalue weighted by Crippen LogP contribution is -2.36. The van der Waals surface area contributed by atoms with Crippen molar-refractivity contribution in [3.8, 4) is 5.75 Å². The minimum Gasteiger partial charge on any atom is -0.479 e. The molecule has 3 rings (SSSR count). The number of amides is 1. The molecule has 1 aromatic heterocycles. The van der Waals surface area contributed by atoms with Crippen molar-refractivity contribution in [2.45, 2.75) is 13.0 Å². The number of nitrogens with zero attached hydrogens (tertiary/aromatic N) is 2. The monoisotopic (exact) mass is 395 g/mol. The first-order chi connectivity index (χ1) is 12.5. The molecule has 0 aliphatic carbocycles. The molecule has 0 bridgehead atoms. The topological polar surface area (TPSA) is 63.7 Å². The van der Waals surface area contributed by atoms with Crippen LogP contribution in [0.1, 0.15) is 6.92 Å². The van der Waals surface area contributed by atoms with E-state index >= 15 is 0 Å². The number of hydrogen-bond acceptors (Lipinski definition) is 5. The molecule has 1 saturated heterocycles. The number of carbonyl (C=O) groups is 1. The summed E-state index contributed by atoms with van der Waals surface area (Å²) >= 11 is 12.0. The van der Waals surface area contributed by atoms with Crippen LogP contribution in [0.15, 0.2) is 36.5 Å². The highest BCUT2D eigenvalue weighted by Gasteiger charge is 2.18. The number of halogens is 2. The molecule has 0 unspecified atom stereocenters. The van der Waals surface area contributed by atoms with Gasteiger partial charge >= 0.3 is 0 Å². The lowest BCUT2D eigenvalue weighted by Gasteiger charge is -2.28. The fraction of sp³-hybridized carbons (Fsp3) is 0.333. The molecule has 2 aromatic rings. The highest BCUT2D eigenvalue weighted by atomic mass is 35.5. The molecule has 0 spiro atoms. The van der Waals surface area contributed by atoms with Gasteiger partial charge in [0.2, 0.25) is 0 Å². The Morgan fingerprint density at radius 3 is 2.73 bits per heavy atom. The zero-order chi connectivity index (χ0) is 18.5. The molecule has 1 aromatic carbocycles. The number of ether oxygens (including phenoxy) is 2. The molecule has 1 fully saturated rings. The van der Waals surface area contributed by atoms with Crippen molar-refractivity contribution >= 4 is 40.6 Å². The third-order valence-electron chi connectivity index (χ3n) is 3.96. The van der Waals surface area contributed by atoms with Gasteiger partial charge in [0.15, 0.2) is 6.10 Å². The van der Waals surface area contributed by atoms with Crippen LogP contribution in [-0.2, 0) is 9.53 Å². The van der Waals surface area contributed by atoms with E-state index in [4.69, 9.17) is 32.7 Å². The van der Waals surface area contributed by atoms with E-state index in [-0.39, 0.29) is 10.9 Å². The van der Waals surface area contributed by atoms with Crippen LogP contribution >= 0.6 is 23.2 Å². The summed E-state index contributed by atoms with van der Waals surface area (Å²) in [6.07, 6.45) is 0.979. The molecule has 0 saturated carbocycles. The Bertz CT molecular complexity index is 765. The summed E-state index contributed by atoms with van der Waals surface area (Å²) < 4.78 is 10.9. The number of aromatic nitrogens is 1. The Labute approximate surface area is 162 Å². The maximum atomic E-state index is 12.3. The number of pyridine rings is 1. The number of morpholine rings is 1. The second kappa shape index (κ2) is 8.58. The fourth-order valence-electron chi connectivity index (χ4n) is 2.52. The highest BCUT2D eigenvalue weighted by molar-refractivity contribution is 6.42. The SMILES string of the molecule is C[C@@H](Oc1cccc(Cl)c1Cl)C(=O)Nc1ccc(N2CCOCC2)cn1. The van der Waals surface area contributed by atoms with Gasteiger partial charge in [-0.25, -0.2) is 4.98 Å². The van der Waals surface area contributed by atoms with E-state index in [1.807, 2.05) is 6.07 Å². The quantitative estimate of drug-likeness (QED) is 0.836. The Morgan fingerprint density at radius 2 is 2.04 bits per heavy atom. The standard InChI is InChI=1S/C18H19Cl2N3O3/c1-12(26-15-4-2-3-14(19)17(15)20)18(24)22-16-6-5-13(11-21-16)23-7-9-25-10-8-23/h2-6,11-12H,7-10H2,1H3,(H,21,22,24)/t12-/m1/s1. The van der Waals surface area contributed by atoms with Gasteiger partial charge in [-0.2, -0.15) is 0 Å². The van der Waals surface area contributed by atoms with Crippen LogP contribution in [0.2, 0.25) is 10.0 Å². The van der Waals surface area contributed by atoms with E-state index in [9.17, 15) is 4.79 Å². The number of benzene rings is 1. The first kappa shape index (κ1) is 18.8. The van der Waals surface area contributed by atoms with Gasteiger partial charge in [-0.1, -0.05) is 29.3 Å². The molecule has 8 heteroatoms. The van der Waals surface area contributed by atoms with Crippen molar-refractivity contribution in [2.24, 2.45) is 0 Å². The average molecular weight is 396 g/mol. The van der Waals surface area contributed by atoms with Crippen molar-refractivity contribution < 1.29 is 14.3 Å². The maximum absolute atomic E-state index is 12.3. The summed E-state index contributed by atoms with van der Waals surface area (Å²) in [5.74, 6) is 0.491. The van der Waals surface area contributed by atoms with Crippen LogP contribution in [0.4, 0.5) is 11.5 Å². The molecule has 1 aliphatic heterocycles. The Balaban J connectivity index is 1.59. The van der Waals surface area contributed by atoms with Gasteiger partial charge in [0.25, 0.3) is 5.91 Å². The number of rotatable bonds is 5. The van der Waals surface area contributed by atoms with Gasteiger partial charge in [-0.3, -0.25) is 4.79 Å². The first-order valence-electron chi connectivity index (χ1n) is 8.25. The molecule has 138 valence electrons. The molecule has 26 heavy (non-hydrogen) atoms. The maximum Gasteiger partial charge on any atom is 0.266 e. The molecule has 6 nitrogen and oxygen atoms in total. The van der Waals surface area contributed by atoms with Gasteiger partial charge in [0.05, 0.1) is 30.1 Å². The predicted octanol–water partition coefficient (Wildman–Crippen LogP) is 3.63. The van der Waals surface area contributed by atoms with Gasteiger partial charge in [-0.15, -0.1) is 0 Å². The third kappa shape index (κ3) is 4.58. The van der Waals surface area contributed by atoms with Crippen LogP contribution in [0.25, 0.3) is 0 Å². The van der Waals surface area contributed by atoms with Crippen molar-refractivity contribution in [1.29, 1.82) is 0 Å². The Morgan fingerprint density at radius 1 is 1.27 bits per heavy atom. The summed E-state index contributed by atoms with van der Waals surface area (Å²) in [5, 5.41) is 3.38. The van der Waals surface area contributed by atoms with Crippen molar-refractivity contribution in [2.75, 3.05) is 36.5 Å². The first-order valence-corrected chi connectivity index (χ1v) is 9.00. The summed E-state index contributed by atoms with van der Waals surface area (Å²) in [5.41, 5.74) is 1.00. The summed E-state index contributed by atoms with van der Waals surface area (Å²) in [4.78, 5) is 18.8. The Hall–Kier alpha value is -2.02. The van der Waals surface area contributed by atoms with Crippen LogP contribution < -0.4 is 15.0 Å². The number of nitrogens with one attached hydrogen (secondary N) is 1. The van der Waals surface area contributed by atoms with Crippen LogP contribution in [0.3, 0.4) is 0 Å². The molecular weight excluding hydrogens is 377 g/mol. The molecular formula is C18H19Cl2N3O3. The summed E-state index contributed by atoms with van der Waals surface area (Å²) in [7, 11) is 0. The van der Waals surface area contributed by atoms with Crippen LogP contribution in [-0.4, -0.2) is 43.3 Å². The minimum absolute atomic E-state index is 0.279. The zero-order valence-corrected chi connectivity index (χ0v) is 15.8. The summed E-state index contributed by atoms with van der Waals surface area (Å²) in [6, 6.07) is 8.71. The molecule has 1 amide bonds. The second-order valence-electron chi connectivity index (χ2n) is 5.80. The highest BCUT2D eigenvalue weighted by Crippen LogP contribution is 2.32. The minimum atomic E-state index is -0.758. The van der Waals surface area contributed by atoms with Gasteiger partial charge in [0, 0.05) is 13.1 Å². The van der Waals surface area contributed by atoms with Crippen LogP contribution in [0.5, 0.6) is 5.75 Å². The van der Waals surface area contributed by atoms with E-state index < -0.39 is 6.10 Å². The van der Waals surface area contributed by atoms with Gasteiger partial charge < -0.3 is 19.7 Å². The number of carbonyl (C=O) groups excluding carboxylic acids is 1. The Kier molecular flexibility index (Phi) is 6.19. The molecule has 1 aliphatic rings. The molecule has 2 heterocycles. The van der Waals surface area contributed by atoms with Gasteiger partial charge in [0.1, 0.15) is 16.6 Å². The average Bonchev–Trinajstić information content (AvgIpc) is 2.66. The smallest absolute Gasteiger partial charge is 0.266 e. The zero-order valence-electron chi connectivity index (χ0n) is 14.2. The normalized spacial score (nSPS) is 15.4. The van der Waals surface area contributed by atoms with Crippen molar-refractivity contribution in [3.63, 3.8) is 0 Å². The van der Waals surface area contributed by atoms with Gasteiger partial charge in [-0.05, 0) is 31.2 Å². The fourth-order valence-corrected chi connectivity index (χ4v) is 2.85. The molecule has 1 N–H and O–H groups in total. The molecule has 1 atom stereocenters. The van der Waals surface area contributed by atoms with E-state index in [0.717, 1.165) is 18.8 Å². The van der Waals surface area contributed by atoms with E-state index in [1.54, 1.807) is 37.4 Å². The summed E-state index contributed by atoms with van der Waals surface area (Å²) in [6.45, 7) is 4.71.